The Bertz CT molecular complexity index is 1980. The number of halogens is 2. The van der Waals surface area contributed by atoms with Gasteiger partial charge < -0.3 is 44.7 Å². The van der Waals surface area contributed by atoms with Crippen LogP contribution < -0.4 is 10.8 Å². The van der Waals surface area contributed by atoms with Crippen LogP contribution in [0.15, 0.2) is 12.7 Å². The van der Waals surface area contributed by atoms with Gasteiger partial charge in [-0.25, -0.2) is 20.0 Å². The molecule has 0 saturated heterocycles. The number of aliphatic hydroxyl groups excluding tert-OH is 4. The molecule has 4 aliphatic rings. The fraction of sp³-hybridized carbons (Fsp3) is 0.615. The lowest BCUT2D eigenvalue weighted by Gasteiger charge is -2.46. The zero-order valence-corrected chi connectivity index (χ0v) is 27.4. The van der Waals surface area contributed by atoms with E-state index in [1.165, 1.54) is 12.7 Å². The zero-order chi connectivity index (χ0) is 33.9. The summed E-state index contributed by atoms with van der Waals surface area (Å²) in [6, 6.07) is -1.32. The molecular formula is C26H31Cl2N10O9P. The highest BCUT2D eigenvalue weighted by molar-refractivity contribution is 7.46. The van der Waals surface area contributed by atoms with E-state index in [1.807, 2.05) is 0 Å². The van der Waals surface area contributed by atoms with E-state index in [0.29, 0.717) is 36.2 Å². The smallest absolute Gasteiger partial charge is 0.396 e. The lowest BCUT2D eigenvalue weighted by atomic mass is 9.60. The van der Waals surface area contributed by atoms with Crippen molar-refractivity contribution in [1.82, 2.24) is 39.0 Å². The van der Waals surface area contributed by atoms with Crippen molar-refractivity contribution >= 4 is 65.0 Å². The number of fused-ring (bicyclic) bond motifs is 4. The Balaban J connectivity index is 1.14. The Morgan fingerprint density at radius 1 is 0.938 bits per heavy atom. The summed E-state index contributed by atoms with van der Waals surface area (Å²) in [5, 5.41) is 46.3. The van der Waals surface area contributed by atoms with E-state index in [9.17, 15) is 34.8 Å². The molecule has 4 saturated carbocycles. The fourth-order valence-electron chi connectivity index (χ4n) is 8.39. The molecule has 258 valence electrons. The van der Waals surface area contributed by atoms with E-state index in [-0.39, 0.29) is 46.0 Å². The predicted octanol–water partition coefficient (Wildman–Crippen LogP) is 0.423. The van der Waals surface area contributed by atoms with Crippen molar-refractivity contribution in [3.63, 3.8) is 0 Å². The summed E-state index contributed by atoms with van der Waals surface area (Å²) in [6.07, 6.45) is -0.155. The second-order valence-corrected chi connectivity index (χ2v) is 14.9. The SMILES string of the molecule is CNc1nc(Cl)nc2c1ncn2[C@@H]1C2C[C@@]2(COP(=O)(O)O)[C@@H](O)[C@H]1ONc1nc(Cl)nc2c1ncn2[C@H]1[C@H](O)[C@H](O)[C@]2(CO)CC[C@H]12. The third-order valence-corrected chi connectivity index (χ3v) is 11.7. The van der Waals surface area contributed by atoms with Crippen LogP contribution in [0.3, 0.4) is 0 Å². The molecule has 0 aliphatic heterocycles. The highest BCUT2D eigenvalue weighted by Gasteiger charge is 2.73. The topological polar surface area (TPSA) is 268 Å². The molecule has 22 heteroatoms. The predicted molar refractivity (Wildman–Crippen MR) is 166 cm³/mol. The van der Waals surface area contributed by atoms with E-state index in [4.69, 9.17) is 32.6 Å². The number of phosphoric ester groups is 1. The third-order valence-electron chi connectivity index (χ3n) is 10.9. The van der Waals surface area contributed by atoms with E-state index >= 15 is 0 Å². The first kappa shape index (κ1) is 32.4. The number of hydrogen-bond donors (Lipinski definition) is 8. The van der Waals surface area contributed by atoms with Crippen molar-refractivity contribution in [3.8, 4) is 0 Å². The van der Waals surface area contributed by atoms with Gasteiger partial charge in [0.15, 0.2) is 34.0 Å². The van der Waals surface area contributed by atoms with E-state index in [1.54, 1.807) is 16.2 Å². The summed E-state index contributed by atoms with van der Waals surface area (Å²) < 4.78 is 19.8. The molecule has 0 spiro atoms. The quantitative estimate of drug-likeness (QED) is 0.0624. The Hall–Kier alpha value is -2.81. The van der Waals surface area contributed by atoms with Gasteiger partial charge in [0.25, 0.3) is 0 Å². The van der Waals surface area contributed by atoms with Gasteiger partial charge in [-0.05, 0) is 54.3 Å². The van der Waals surface area contributed by atoms with Gasteiger partial charge in [0, 0.05) is 17.9 Å². The molecule has 4 fully saturated rings. The van der Waals surface area contributed by atoms with Crippen LogP contribution in [0.25, 0.3) is 22.3 Å². The Morgan fingerprint density at radius 3 is 2.12 bits per heavy atom. The van der Waals surface area contributed by atoms with Crippen LogP contribution in [0.5, 0.6) is 0 Å². The minimum atomic E-state index is -4.86. The van der Waals surface area contributed by atoms with Crippen molar-refractivity contribution in [2.45, 2.75) is 55.8 Å². The lowest BCUT2D eigenvalue weighted by molar-refractivity contribution is -0.0989. The number of aliphatic hydroxyl groups is 4. The molecule has 0 bridgehead atoms. The molecule has 0 amide bonds. The molecule has 0 radical (unpaired) electrons. The van der Waals surface area contributed by atoms with Gasteiger partial charge in [-0.1, -0.05) is 0 Å². The number of imidazole rings is 2. The second-order valence-electron chi connectivity index (χ2n) is 13.0. The van der Waals surface area contributed by atoms with Crippen LogP contribution in [-0.2, 0) is 13.9 Å². The number of phosphoric acid groups is 1. The van der Waals surface area contributed by atoms with Gasteiger partial charge in [-0.2, -0.15) is 19.9 Å². The van der Waals surface area contributed by atoms with Crippen molar-refractivity contribution in [2.24, 2.45) is 22.7 Å². The summed E-state index contributed by atoms with van der Waals surface area (Å²) in [5.41, 5.74) is 2.05. The number of nitrogens with one attached hydrogen (secondary N) is 2. The minimum absolute atomic E-state index is 0.0317. The maximum atomic E-state index is 11.6. The number of nitrogens with zero attached hydrogens (tertiary/aromatic N) is 8. The molecule has 1 unspecified atom stereocenters. The maximum Gasteiger partial charge on any atom is 0.469 e. The van der Waals surface area contributed by atoms with Crippen molar-refractivity contribution in [3.05, 3.63) is 23.2 Å². The molecular weight excluding hydrogens is 698 g/mol. The van der Waals surface area contributed by atoms with Crippen molar-refractivity contribution < 1.29 is 44.1 Å². The summed E-state index contributed by atoms with van der Waals surface area (Å²) >= 11 is 12.6. The van der Waals surface area contributed by atoms with Crippen molar-refractivity contribution in [2.75, 3.05) is 31.1 Å². The number of hydrogen-bond acceptors (Lipinski definition) is 15. The number of aromatic nitrogens is 8. The third kappa shape index (κ3) is 4.61. The van der Waals surface area contributed by atoms with Gasteiger partial charge in [0.2, 0.25) is 10.6 Å². The first-order valence-electron chi connectivity index (χ1n) is 15.1. The fourth-order valence-corrected chi connectivity index (χ4v) is 9.13. The van der Waals surface area contributed by atoms with Gasteiger partial charge in [0.1, 0.15) is 12.2 Å². The van der Waals surface area contributed by atoms with Crippen LogP contribution >= 0.6 is 31.0 Å². The standard InChI is InChI=1S/C26H31Cl2N10O9P/c1-29-19-11-21(34-23(27)32-19)38(8-30-11)14-10-4-26(10,6-46-48(43,44)45)18(42)16(14)47-36-20-12-22(35-24(28)33-20)37(7-31-12)13-9-2-3-25(9,5-39)17(41)15(13)40/h7-10,13-18,39-42H,2-6H2,1H3,(H,29,32,34)(H,33,35,36)(H2,43,44,45)/t9-,10?,13-,14-,15+,16+,17+,18+,25+,26+/m1/s1. The summed E-state index contributed by atoms with van der Waals surface area (Å²) in [4.78, 5) is 51.0. The molecule has 8 N–H and O–H groups in total. The molecule has 4 aliphatic carbocycles. The number of anilines is 2. The maximum absolute atomic E-state index is 11.6. The molecule has 4 aromatic heterocycles. The van der Waals surface area contributed by atoms with Crippen molar-refractivity contribution in [1.29, 1.82) is 0 Å². The van der Waals surface area contributed by atoms with Crippen LogP contribution in [0.4, 0.5) is 11.6 Å². The molecule has 8 rings (SSSR count). The normalized spacial score (nSPS) is 35.5. The lowest BCUT2D eigenvalue weighted by Crippen LogP contribution is -2.48. The summed E-state index contributed by atoms with van der Waals surface area (Å²) in [6.45, 7) is -0.716. The number of rotatable bonds is 10. The second kappa shape index (κ2) is 11.1. The molecule has 0 aromatic carbocycles. The molecule has 48 heavy (non-hydrogen) atoms. The largest absolute Gasteiger partial charge is 0.469 e. The van der Waals surface area contributed by atoms with E-state index < -0.39 is 61.8 Å². The van der Waals surface area contributed by atoms with Crippen LogP contribution in [0.1, 0.15) is 31.3 Å². The Kier molecular flexibility index (Phi) is 7.49. The molecule has 10 atom stereocenters. The summed E-state index contributed by atoms with van der Waals surface area (Å²) in [7, 11) is -3.21. The molecule has 19 nitrogen and oxygen atoms in total. The van der Waals surface area contributed by atoms with Crippen LogP contribution in [-0.4, -0.2) is 114 Å². The average molecular weight is 729 g/mol. The first-order valence-corrected chi connectivity index (χ1v) is 17.4. The Labute approximate surface area is 280 Å². The van der Waals surface area contributed by atoms with Gasteiger partial charge >= 0.3 is 7.82 Å². The molecule has 4 heterocycles. The zero-order valence-electron chi connectivity index (χ0n) is 25.0. The van der Waals surface area contributed by atoms with E-state index in [0.717, 1.165) is 0 Å². The highest BCUT2D eigenvalue weighted by Crippen LogP contribution is 2.69. The first-order chi connectivity index (χ1) is 22.8. The van der Waals surface area contributed by atoms with Crippen LogP contribution in [0.2, 0.25) is 10.6 Å². The Morgan fingerprint density at radius 2 is 1.56 bits per heavy atom. The summed E-state index contributed by atoms with van der Waals surface area (Å²) in [5.74, 6) is -0.210. The van der Waals surface area contributed by atoms with E-state index in [2.05, 4.69) is 40.7 Å². The monoisotopic (exact) mass is 728 g/mol. The van der Waals surface area contributed by atoms with Gasteiger partial charge in [-0.3, -0.25) is 9.36 Å². The van der Waals surface area contributed by atoms with Crippen LogP contribution in [0, 0.1) is 22.7 Å². The van der Waals surface area contributed by atoms with Gasteiger partial charge in [-0.15, -0.1) is 0 Å². The average Bonchev–Trinajstić information content (AvgIpc) is 3.20. The highest BCUT2D eigenvalue weighted by atomic mass is 35.5. The molecule has 4 aromatic rings. The minimum Gasteiger partial charge on any atom is -0.396 e. The van der Waals surface area contributed by atoms with Gasteiger partial charge in [0.05, 0.1) is 50.2 Å².